The van der Waals surface area contributed by atoms with Gasteiger partial charge in [0, 0.05) is 0 Å². The first-order valence-corrected chi connectivity index (χ1v) is 3.95. The summed E-state index contributed by atoms with van der Waals surface area (Å²) >= 11 is 0. The monoisotopic (exact) mass is 142 g/mol. The molecule has 0 fully saturated rings. The molecule has 0 aromatic heterocycles. The van der Waals surface area contributed by atoms with Gasteiger partial charge >= 0.3 is 5.97 Å². The van der Waals surface area contributed by atoms with Gasteiger partial charge in [0.15, 0.2) is 0 Å². The number of carboxylic acids is 1. The number of rotatable bonds is 5. The van der Waals surface area contributed by atoms with Crippen LogP contribution in [0, 0.1) is 5.92 Å². The molecule has 1 atom stereocenters. The minimum absolute atomic E-state index is 0.111. The summed E-state index contributed by atoms with van der Waals surface area (Å²) in [6, 6.07) is 0. The summed E-state index contributed by atoms with van der Waals surface area (Å²) in [6.45, 7) is 1.93. The van der Waals surface area contributed by atoms with E-state index in [2.05, 4.69) is 7.85 Å². The highest BCUT2D eigenvalue weighted by Crippen LogP contribution is 2.11. The minimum atomic E-state index is -0.643. The first kappa shape index (κ1) is 9.53. The Hall–Kier alpha value is -0.465. The summed E-state index contributed by atoms with van der Waals surface area (Å²) < 4.78 is 0. The van der Waals surface area contributed by atoms with E-state index in [0.717, 1.165) is 25.6 Å². The molecule has 0 rings (SSSR count). The van der Waals surface area contributed by atoms with Crippen LogP contribution >= 0.6 is 0 Å². The van der Waals surface area contributed by atoms with Crippen LogP contribution in [0.1, 0.15) is 26.2 Å². The maximum absolute atomic E-state index is 10.4. The zero-order chi connectivity index (χ0) is 7.98. The third-order valence-electron chi connectivity index (χ3n) is 1.75. The fourth-order valence-electron chi connectivity index (χ4n) is 0.953. The first-order valence-electron chi connectivity index (χ1n) is 3.95. The van der Waals surface area contributed by atoms with Crippen LogP contribution in [0.25, 0.3) is 0 Å². The zero-order valence-electron chi connectivity index (χ0n) is 6.76. The predicted molar refractivity (Wildman–Crippen MR) is 44.0 cm³/mol. The van der Waals surface area contributed by atoms with Crippen LogP contribution in [0.5, 0.6) is 0 Å². The Labute approximate surface area is 63.0 Å². The summed E-state index contributed by atoms with van der Waals surface area (Å²) in [4.78, 5) is 10.4. The van der Waals surface area contributed by atoms with Crippen LogP contribution in [-0.4, -0.2) is 18.9 Å². The van der Waals surface area contributed by atoms with Crippen molar-refractivity contribution in [1.82, 2.24) is 0 Å². The molecule has 0 aliphatic rings. The molecular weight excluding hydrogens is 127 g/mol. The predicted octanol–water partition coefficient (Wildman–Crippen LogP) is 0.929. The second-order valence-corrected chi connectivity index (χ2v) is 2.59. The lowest BCUT2D eigenvalue weighted by molar-refractivity contribution is -0.142. The first-order chi connectivity index (χ1) is 4.72. The molecule has 0 aliphatic carbocycles. The van der Waals surface area contributed by atoms with E-state index in [1.807, 2.05) is 6.92 Å². The van der Waals surface area contributed by atoms with Crippen LogP contribution in [0.3, 0.4) is 0 Å². The maximum Gasteiger partial charge on any atom is 0.306 e. The van der Waals surface area contributed by atoms with E-state index in [9.17, 15) is 4.79 Å². The molecule has 1 N–H and O–H groups in total. The van der Waals surface area contributed by atoms with Crippen molar-refractivity contribution in [3.8, 4) is 0 Å². The molecule has 0 aromatic carbocycles. The summed E-state index contributed by atoms with van der Waals surface area (Å²) in [7, 11) is 2.08. The van der Waals surface area contributed by atoms with Gasteiger partial charge in [0.1, 0.15) is 7.85 Å². The fourth-order valence-corrected chi connectivity index (χ4v) is 0.953. The maximum atomic E-state index is 10.4. The topological polar surface area (TPSA) is 37.3 Å². The molecule has 10 heavy (non-hydrogen) atoms. The number of hydrogen-bond acceptors (Lipinski definition) is 1. The molecule has 0 saturated carbocycles. The van der Waals surface area contributed by atoms with E-state index in [1.54, 1.807) is 0 Å². The van der Waals surface area contributed by atoms with Crippen LogP contribution in [0.15, 0.2) is 0 Å². The van der Waals surface area contributed by atoms with Crippen LogP contribution in [0.2, 0.25) is 6.32 Å². The Morgan fingerprint density at radius 3 is 2.60 bits per heavy atom. The number of hydrogen-bond donors (Lipinski definition) is 1. The van der Waals surface area contributed by atoms with Gasteiger partial charge in [0.2, 0.25) is 0 Å². The van der Waals surface area contributed by atoms with Crippen molar-refractivity contribution in [1.29, 1.82) is 0 Å². The van der Waals surface area contributed by atoms with E-state index < -0.39 is 5.97 Å². The molecule has 0 spiro atoms. The van der Waals surface area contributed by atoms with Crippen molar-refractivity contribution in [3.05, 3.63) is 0 Å². The number of aliphatic carboxylic acids is 1. The highest BCUT2D eigenvalue weighted by molar-refractivity contribution is 6.08. The lowest BCUT2D eigenvalue weighted by Crippen LogP contribution is -2.11. The van der Waals surface area contributed by atoms with Gasteiger partial charge in [-0.05, 0) is 12.8 Å². The van der Waals surface area contributed by atoms with Crippen LogP contribution < -0.4 is 0 Å². The number of carboxylic acid groups (broad SMARTS) is 1. The summed E-state index contributed by atoms with van der Waals surface area (Å²) in [6.07, 6.45) is 3.71. The Morgan fingerprint density at radius 1 is 1.70 bits per heavy atom. The van der Waals surface area contributed by atoms with Crippen molar-refractivity contribution in [3.63, 3.8) is 0 Å². The quantitative estimate of drug-likeness (QED) is 0.579. The van der Waals surface area contributed by atoms with Gasteiger partial charge in [-0.3, -0.25) is 4.79 Å². The molecule has 0 radical (unpaired) electrons. The third kappa shape index (κ3) is 3.54. The van der Waals surface area contributed by atoms with E-state index in [4.69, 9.17) is 5.11 Å². The normalized spacial score (nSPS) is 12.9. The largest absolute Gasteiger partial charge is 0.481 e. The van der Waals surface area contributed by atoms with E-state index in [0.29, 0.717) is 0 Å². The van der Waals surface area contributed by atoms with Crippen molar-refractivity contribution in [2.24, 2.45) is 5.92 Å². The smallest absolute Gasteiger partial charge is 0.306 e. The van der Waals surface area contributed by atoms with Gasteiger partial charge in [0.25, 0.3) is 0 Å². The molecule has 0 bridgehead atoms. The second kappa shape index (κ2) is 5.33. The molecule has 3 heteroatoms. The summed E-state index contributed by atoms with van der Waals surface area (Å²) in [5, 5.41) is 8.60. The zero-order valence-corrected chi connectivity index (χ0v) is 6.76. The van der Waals surface area contributed by atoms with Gasteiger partial charge in [-0.25, -0.2) is 0 Å². The van der Waals surface area contributed by atoms with Crippen LogP contribution in [0.4, 0.5) is 0 Å². The van der Waals surface area contributed by atoms with E-state index >= 15 is 0 Å². The molecule has 0 aromatic rings. The molecule has 0 amide bonds. The van der Waals surface area contributed by atoms with Crippen molar-refractivity contribution in [2.45, 2.75) is 32.5 Å². The Kier molecular flexibility index (Phi) is 5.08. The molecule has 2 nitrogen and oxygen atoms in total. The standard InChI is InChI=1S/C7H15BO2/c1-2-6(7(9)10)4-3-5-8/h6H,2-5,8H2,1H3,(H,9,10). The Morgan fingerprint density at radius 2 is 2.30 bits per heavy atom. The summed E-state index contributed by atoms with van der Waals surface area (Å²) in [5.41, 5.74) is 0. The lowest BCUT2D eigenvalue weighted by atomic mass is 9.93. The average Bonchev–Trinajstić information content (AvgIpc) is 1.89. The molecular formula is C7H15BO2. The minimum Gasteiger partial charge on any atom is -0.481 e. The van der Waals surface area contributed by atoms with E-state index in [-0.39, 0.29) is 5.92 Å². The Bertz CT molecular complexity index is 104. The van der Waals surface area contributed by atoms with Gasteiger partial charge in [0.05, 0.1) is 5.92 Å². The lowest BCUT2D eigenvalue weighted by Gasteiger charge is -2.06. The van der Waals surface area contributed by atoms with Gasteiger partial charge in [-0.2, -0.15) is 0 Å². The molecule has 0 heterocycles. The highest BCUT2D eigenvalue weighted by atomic mass is 16.4. The molecule has 0 aliphatic heterocycles. The van der Waals surface area contributed by atoms with E-state index in [1.165, 1.54) is 0 Å². The van der Waals surface area contributed by atoms with Gasteiger partial charge in [-0.15, -0.1) is 0 Å². The van der Waals surface area contributed by atoms with Crippen molar-refractivity contribution < 1.29 is 9.90 Å². The second-order valence-electron chi connectivity index (χ2n) is 2.59. The Balaban J connectivity index is 3.50. The highest BCUT2D eigenvalue weighted by Gasteiger charge is 2.12. The average molecular weight is 142 g/mol. The molecule has 58 valence electrons. The molecule has 1 unspecified atom stereocenters. The van der Waals surface area contributed by atoms with Crippen molar-refractivity contribution >= 4 is 13.8 Å². The summed E-state index contributed by atoms with van der Waals surface area (Å²) in [5.74, 6) is -0.754. The third-order valence-corrected chi connectivity index (χ3v) is 1.75. The fraction of sp³-hybridized carbons (Fsp3) is 0.857. The van der Waals surface area contributed by atoms with Crippen LogP contribution in [-0.2, 0) is 4.79 Å². The molecule has 0 saturated heterocycles. The van der Waals surface area contributed by atoms with Gasteiger partial charge in [-0.1, -0.05) is 19.7 Å². The SMILES string of the molecule is BCCCC(CC)C(=O)O. The number of carbonyl (C=O) groups is 1. The van der Waals surface area contributed by atoms with Gasteiger partial charge < -0.3 is 5.11 Å². The van der Waals surface area contributed by atoms with Crippen molar-refractivity contribution in [2.75, 3.05) is 0 Å².